The minimum atomic E-state index is -0.178. The first kappa shape index (κ1) is 17.1. The molecule has 1 heterocycles. The maximum Gasteiger partial charge on any atom is 0.231 e. The number of Topliss-reactive ketones (excluding diaryl/α,β-unsaturated/α-hetero) is 1. The van der Waals surface area contributed by atoms with Gasteiger partial charge in [0.25, 0.3) is 0 Å². The van der Waals surface area contributed by atoms with Crippen LogP contribution in [0.2, 0.25) is 0 Å². The van der Waals surface area contributed by atoms with Crippen LogP contribution >= 0.6 is 0 Å². The van der Waals surface area contributed by atoms with Crippen LogP contribution < -0.4 is 5.32 Å². The van der Waals surface area contributed by atoms with Crippen molar-refractivity contribution in [1.29, 1.82) is 0 Å². The molecule has 1 N–H and O–H groups in total. The van der Waals surface area contributed by atoms with Crippen molar-refractivity contribution in [3.05, 3.63) is 89.2 Å². The average molecular weight is 357 g/mol. The number of hydrogen-bond donors (Lipinski definition) is 1. The number of ketones is 1. The van der Waals surface area contributed by atoms with E-state index in [0.717, 1.165) is 11.1 Å². The van der Waals surface area contributed by atoms with Crippen molar-refractivity contribution in [3.8, 4) is 0 Å². The fourth-order valence-corrected chi connectivity index (χ4v) is 3.42. The molecule has 1 aromatic heterocycles. The lowest BCUT2D eigenvalue weighted by molar-refractivity contribution is -0.115. The van der Waals surface area contributed by atoms with E-state index in [1.54, 1.807) is 0 Å². The Morgan fingerprint density at radius 1 is 1.00 bits per heavy atom. The van der Waals surface area contributed by atoms with Gasteiger partial charge in [-0.2, -0.15) is 0 Å². The van der Waals surface area contributed by atoms with Gasteiger partial charge in [0.05, 0.1) is 17.7 Å². The van der Waals surface area contributed by atoms with Crippen LogP contribution in [-0.2, 0) is 17.6 Å². The Hall–Kier alpha value is -3.34. The number of hydrogen-bond acceptors (Lipinski definition) is 4. The number of fused-ring (bicyclic) bond motifs is 1. The Labute approximate surface area is 157 Å². The summed E-state index contributed by atoms with van der Waals surface area (Å²) in [6.07, 6.45) is 2.91. The molecule has 134 valence electrons. The summed E-state index contributed by atoms with van der Waals surface area (Å²) in [5, 5.41) is 2.74. The fraction of sp³-hybridized carbons (Fsp3) is 0.182. The molecule has 1 aliphatic rings. The van der Waals surface area contributed by atoms with Crippen molar-refractivity contribution in [1.82, 2.24) is 9.97 Å². The molecule has 2 aromatic carbocycles. The molecule has 0 aliphatic heterocycles. The Balaban J connectivity index is 1.51. The average Bonchev–Trinajstić information content (AvgIpc) is 2.69. The second-order valence-electron chi connectivity index (χ2n) is 6.70. The molecule has 5 nitrogen and oxygen atoms in total. The molecule has 1 aliphatic carbocycles. The Morgan fingerprint density at radius 3 is 2.44 bits per heavy atom. The Morgan fingerprint density at radius 2 is 1.70 bits per heavy atom. The summed E-state index contributed by atoms with van der Waals surface area (Å²) in [5.74, 6) is 0.223. The number of nitrogens with one attached hydrogen (secondary N) is 1. The molecule has 1 amide bonds. The highest BCUT2D eigenvalue weighted by Crippen LogP contribution is 2.31. The molecule has 0 saturated carbocycles. The van der Waals surface area contributed by atoms with Gasteiger partial charge in [0.1, 0.15) is 0 Å². The normalized spacial score (nSPS) is 15.9. The fourth-order valence-electron chi connectivity index (χ4n) is 3.42. The molecule has 0 spiro atoms. The number of rotatable bonds is 4. The van der Waals surface area contributed by atoms with E-state index in [1.165, 1.54) is 6.20 Å². The smallest absolute Gasteiger partial charge is 0.231 e. The van der Waals surface area contributed by atoms with Gasteiger partial charge in [-0.1, -0.05) is 60.7 Å². The van der Waals surface area contributed by atoms with Crippen LogP contribution in [0.1, 0.15) is 39.5 Å². The predicted molar refractivity (Wildman–Crippen MR) is 103 cm³/mol. The number of anilines is 1. The highest BCUT2D eigenvalue weighted by Gasteiger charge is 2.28. The van der Waals surface area contributed by atoms with Crippen molar-refractivity contribution in [2.24, 2.45) is 0 Å². The number of benzene rings is 2. The Kier molecular flexibility index (Phi) is 4.75. The molecule has 0 radical (unpaired) electrons. The third-order valence-corrected chi connectivity index (χ3v) is 4.77. The van der Waals surface area contributed by atoms with E-state index in [1.807, 2.05) is 60.7 Å². The zero-order valence-corrected chi connectivity index (χ0v) is 14.8. The molecule has 0 saturated heterocycles. The van der Waals surface area contributed by atoms with Gasteiger partial charge in [0.2, 0.25) is 11.9 Å². The van der Waals surface area contributed by atoms with E-state index in [-0.39, 0.29) is 30.0 Å². The highest BCUT2D eigenvalue weighted by molar-refractivity contribution is 5.99. The number of carbonyl (C=O) groups excluding carboxylic acids is 2. The molecule has 4 rings (SSSR count). The van der Waals surface area contributed by atoms with Gasteiger partial charge in [0, 0.05) is 12.6 Å². The zero-order valence-electron chi connectivity index (χ0n) is 14.8. The quantitative estimate of drug-likeness (QED) is 0.775. The zero-order chi connectivity index (χ0) is 18.6. The number of carbonyl (C=O) groups is 2. The van der Waals surface area contributed by atoms with Gasteiger partial charge >= 0.3 is 0 Å². The van der Waals surface area contributed by atoms with E-state index in [4.69, 9.17) is 0 Å². The summed E-state index contributed by atoms with van der Waals surface area (Å²) in [5.41, 5.74) is 3.31. The van der Waals surface area contributed by atoms with Gasteiger partial charge in [-0.25, -0.2) is 9.97 Å². The molecule has 0 fully saturated rings. The molecule has 3 aromatic rings. The summed E-state index contributed by atoms with van der Waals surface area (Å²) in [4.78, 5) is 33.3. The van der Waals surface area contributed by atoms with Crippen LogP contribution in [0.5, 0.6) is 0 Å². The Bertz CT molecular complexity index is 971. The molecule has 27 heavy (non-hydrogen) atoms. The van der Waals surface area contributed by atoms with Crippen LogP contribution in [0.25, 0.3) is 0 Å². The van der Waals surface area contributed by atoms with Crippen molar-refractivity contribution in [3.63, 3.8) is 0 Å². The van der Waals surface area contributed by atoms with Gasteiger partial charge in [-0.05, 0) is 23.5 Å². The SMILES string of the molecule is O=C(Cc1ccccc1)Nc1ncc2c(n1)C[C@@H](c1ccccc1)CC2=O. The van der Waals surface area contributed by atoms with E-state index in [0.29, 0.717) is 24.1 Å². The molecule has 5 heteroatoms. The van der Waals surface area contributed by atoms with E-state index in [9.17, 15) is 9.59 Å². The third-order valence-electron chi connectivity index (χ3n) is 4.77. The minimum absolute atomic E-state index is 0.0484. The van der Waals surface area contributed by atoms with E-state index in [2.05, 4.69) is 15.3 Å². The van der Waals surface area contributed by atoms with Crippen LogP contribution in [-0.4, -0.2) is 21.7 Å². The van der Waals surface area contributed by atoms with Crippen LogP contribution in [0.3, 0.4) is 0 Å². The van der Waals surface area contributed by atoms with Crippen LogP contribution in [0.15, 0.2) is 66.9 Å². The molecule has 0 unspecified atom stereocenters. The summed E-state index contributed by atoms with van der Waals surface area (Å²) >= 11 is 0. The predicted octanol–water partition coefficient (Wildman–Crippen LogP) is 3.57. The summed E-state index contributed by atoms with van der Waals surface area (Å²) in [6, 6.07) is 19.5. The van der Waals surface area contributed by atoms with Crippen LogP contribution in [0, 0.1) is 0 Å². The van der Waals surface area contributed by atoms with E-state index < -0.39 is 0 Å². The first-order valence-electron chi connectivity index (χ1n) is 8.97. The highest BCUT2D eigenvalue weighted by atomic mass is 16.1. The van der Waals surface area contributed by atoms with Gasteiger partial charge in [0.15, 0.2) is 5.78 Å². The van der Waals surface area contributed by atoms with E-state index >= 15 is 0 Å². The second kappa shape index (κ2) is 7.50. The first-order chi connectivity index (χ1) is 13.2. The molecular formula is C22H19N3O2. The molecule has 1 atom stereocenters. The monoisotopic (exact) mass is 357 g/mol. The lowest BCUT2D eigenvalue weighted by Crippen LogP contribution is -2.23. The topological polar surface area (TPSA) is 72.0 Å². The number of amides is 1. The van der Waals surface area contributed by atoms with Crippen LogP contribution in [0.4, 0.5) is 5.95 Å². The largest absolute Gasteiger partial charge is 0.294 e. The van der Waals surface area contributed by atoms with Gasteiger partial charge < -0.3 is 0 Å². The van der Waals surface area contributed by atoms with Gasteiger partial charge in [-0.3, -0.25) is 14.9 Å². The van der Waals surface area contributed by atoms with Crippen molar-refractivity contribution in [2.45, 2.75) is 25.2 Å². The van der Waals surface area contributed by atoms with Crippen molar-refractivity contribution in [2.75, 3.05) is 5.32 Å². The molecule has 0 bridgehead atoms. The van der Waals surface area contributed by atoms with Crippen molar-refractivity contribution >= 4 is 17.6 Å². The van der Waals surface area contributed by atoms with Gasteiger partial charge in [-0.15, -0.1) is 0 Å². The van der Waals surface area contributed by atoms with Crippen molar-refractivity contribution < 1.29 is 9.59 Å². The first-order valence-corrected chi connectivity index (χ1v) is 8.97. The summed E-state index contributed by atoms with van der Waals surface area (Å²) in [6.45, 7) is 0. The standard InChI is InChI=1S/C22H19N3O2/c26-20-13-17(16-9-5-2-6-10-16)12-19-18(20)14-23-22(24-19)25-21(27)11-15-7-3-1-4-8-15/h1-10,14,17H,11-13H2,(H,23,24,25,27)/t17-/m1/s1. The maximum absolute atomic E-state index is 12.5. The minimum Gasteiger partial charge on any atom is -0.294 e. The second-order valence-corrected chi connectivity index (χ2v) is 6.70. The number of aromatic nitrogens is 2. The lowest BCUT2D eigenvalue weighted by Gasteiger charge is -2.23. The number of nitrogens with zero attached hydrogens (tertiary/aromatic N) is 2. The maximum atomic E-state index is 12.5. The third kappa shape index (κ3) is 3.92. The molecular weight excluding hydrogens is 338 g/mol. The summed E-state index contributed by atoms with van der Waals surface area (Å²) in [7, 11) is 0. The lowest BCUT2D eigenvalue weighted by atomic mass is 9.82. The summed E-state index contributed by atoms with van der Waals surface area (Å²) < 4.78 is 0.